The summed E-state index contributed by atoms with van der Waals surface area (Å²) in [5.74, 6) is 0.201. The summed E-state index contributed by atoms with van der Waals surface area (Å²) < 4.78 is 15.2. The Hall–Kier alpha value is -1.84. The van der Waals surface area contributed by atoms with E-state index in [1.165, 1.54) is 10.7 Å². The van der Waals surface area contributed by atoms with Crippen LogP contribution >= 0.6 is 0 Å². The van der Waals surface area contributed by atoms with Gasteiger partial charge in [-0.1, -0.05) is 12.1 Å². The van der Waals surface area contributed by atoms with E-state index in [0.717, 1.165) is 5.56 Å². The minimum atomic E-state index is -0.269. The first-order chi connectivity index (χ1) is 7.09. The van der Waals surface area contributed by atoms with Crippen LogP contribution in [0.3, 0.4) is 0 Å². The summed E-state index contributed by atoms with van der Waals surface area (Å²) in [7, 11) is 1.73. The van der Waals surface area contributed by atoms with E-state index in [1.54, 1.807) is 19.3 Å². The van der Waals surface area contributed by atoms with Gasteiger partial charge < -0.3 is 5.73 Å². The van der Waals surface area contributed by atoms with Gasteiger partial charge in [-0.2, -0.15) is 5.10 Å². The third-order valence-corrected chi connectivity index (χ3v) is 2.40. The molecule has 0 spiro atoms. The highest BCUT2D eigenvalue weighted by Gasteiger charge is 2.11. The van der Waals surface area contributed by atoms with Gasteiger partial charge in [-0.25, -0.2) is 4.39 Å². The van der Waals surface area contributed by atoms with Crippen LogP contribution in [0.1, 0.15) is 5.56 Å². The Kier molecular flexibility index (Phi) is 2.19. The first-order valence-electron chi connectivity index (χ1n) is 4.63. The van der Waals surface area contributed by atoms with Crippen molar-refractivity contribution in [3.8, 4) is 11.1 Å². The molecule has 1 aromatic carbocycles. The number of aromatic nitrogens is 2. The fourth-order valence-corrected chi connectivity index (χ4v) is 1.49. The van der Waals surface area contributed by atoms with Crippen molar-refractivity contribution in [3.05, 3.63) is 35.8 Å². The van der Waals surface area contributed by atoms with Crippen LogP contribution in [-0.2, 0) is 7.05 Å². The SMILES string of the molecule is Cc1ccc(-c2cnn(C)c2N)c(F)c1. The number of nitrogen functional groups attached to an aromatic ring is 1. The van der Waals surface area contributed by atoms with Crippen LogP contribution in [0.15, 0.2) is 24.4 Å². The molecule has 1 aromatic heterocycles. The van der Waals surface area contributed by atoms with Gasteiger partial charge in [-0.05, 0) is 18.6 Å². The highest BCUT2D eigenvalue weighted by molar-refractivity contribution is 5.74. The molecule has 0 bridgehead atoms. The Bertz CT molecular complexity index is 503. The van der Waals surface area contributed by atoms with E-state index < -0.39 is 0 Å². The Morgan fingerprint density at radius 2 is 2.07 bits per heavy atom. The van der Waals surface area contributed by atoms with Crippen LogP contribution in [0.2, 0.25) is 0 Å². The zero-order valence-corrected chi connectivity index (χ0v) is 8.66. The number of anilines is 1. The molecule has 0 aliphatic heterocycles. The molecule has 2 N–H and O–H groups in total. The fraction of sp³-hybridized carbons (Fsp3) is 0.182. The maximum atomic E-state index is 13.6. The second kappa shape index (κ2) is 3.38. The molecule has 0 amide bonds. The smallest absolute Gasteiger partial charge is 0.131 e. The van der Waals surface area contributed by atoms with E-state index in [9.17, 15) is 4.39 Å². The summed E-state index contributed by atoms with van der Waals surface area (Å²) >= 11 is 0. The lowest BCUT2D eigenvalue weighted by Crippen LogP contribution is -1.98. The second-order valence-electron chi connectivity index (χ2n) is 3.55. The van der Waals surface area contributed by atoms with Crippen LogP contribution in [0.25, 0.3) is 11.1 Å². The molecular formula is C11H12FN3. The molecule has 2 aromatic rings. The van der Waals surface area contributed by atoms with Crippen LogP contribution in [0.4, 0.5) is 10.2 Å². The predicted octanol–water partition coefficient (Wildman–Crippen LogP) is 2.12. The first kappa shape index (κ1) is 9.71. The van der Waals surface area contributed by atoms with E-state index >= 15 is 0 Å². The zero-order valence-electron chi connectivity index (χ0n) is 8.66. The summed E-state index contributed by atoms with van der Waals surface area (Å²) in [6.45, 7) is 1.85. The average Bonchev–Trinajstić information content (AvgIpc) is 2.49. The Morgan fingerprint density at radius 1 is 1.33 bits per heavy atom. The van der Waals surface area contributed by atoms with Crippen molar-refractivity contribution in [1.82, 2.24) is 9.78 Å². The van der Waals surface area contributed by atoms with Crippen molar-refractivity contribution in [2.75, 3.05) is 5.73 Å². The minimum Gasteiger partial charge on any atom is -0.383 e. The summed E-state index contributed by atoms with van der Waals surface area (Å²) in [6.07, 6.45) is 1.57. The standard InChI is InChI=1S/C11H12FN3/c1-7-3-4-8(10(12)5-7)9-6-14-15(2)11(9)13/h3-6H,13H2,1-2H3. The van der Waals surface area contributed by atoms with Gasteiger partial charge in [-0.3, -0.25) is 4.68 Å². The lowest BCUT2D eigenvalue weighted by atomic mass is 10.1. The van der Waals surface area contributed by atoms with Crippen LogP contribution in [0.5, 0.6) is 0 Å². The quantitative estimate of drug-likeness (QED) is 0.774. The van der Waals surface area contributed by atoms with Crippen molar-refractivity contribution < 1.29 is 4.39 Å². The lowest BCUT2D eigenvalue weighted by Gasteiger charge is -2.03. The van der Waals surface area contributed by atoms with E-state index in [0.29, 0.717) is 16.9 Å². The molecule has 0 saturated carbocycles. The molecule has 0 fully saturated rings. The number of benzene rings is 1. The predicted molar refractivity (Wildman–Crippen MR) is 57.8 cm³/mol. The lowest BCUT2D eigenvalue weighted by molar-refractivity contribution is 0.630. The van der Waals surface area contributed by atoms with Gasteiger partial charge in [-0.15, -0.1) is 0 Å². The summed E-state index contributed by atoms with van der Waals surface area (Å²) in [6, 6.07) is 5.06. The topological polar surface area (TPSA) is 43.8 Å². The molecule has 0 saturated heterocycles. The highest BCUT2D eigenvalue weighted by Crippen LogP contribution is 2.27. The van der Waals surface area contributed by atoms with Gasteiger partial charge in [0.25, 0.3) is 0 Å². The Labute approximate surface area is 87.3 Å². The molecule has 3 nitrogen and oxygen atoms in total. The summed E-state index contributed by atoms with van der Waals surface area (Å²) in [4.78, 5) is 0. The molecule has 0 unspecified atom stereocenters. The number of rotatable bonds is 1. The maximum Gasteiger partial charge on any atom is 0.131 e. The Balaban J connectivity index is 2.59. The number of nitrogens with zero attached hydrogens (tertiary/aromatic N) is 2. The number of halogens is 1. The van der Waals surface area contributed by atoms with Gasteiger partial charge in [0.05, 0.1) is 6.20 Å². The minimum absolute atomic E-state index is 0.269. The second-order valence-corrected chi connectivity index (χ2v) is 3.55. The maximum absolute atomic E-state index is 13.6. The van der Waals surface area contributed by atoms with Gasteiger partial charge >= 0.3 is 0 Å². The largest absolute Gasteiger partial charge is 0.383 e. The third kappa shape index (κ3) is 1.58. The zero-order chi connectivity index (χ0) is 11.0. The van der Waals surface area contributed by atoms with Crippen molar-refractivity contribution in [3.63, 3.8) is 0 Å². The van der Waals surface area contributed by atoms with Crippen LogP contribution < -0.4 is 5.73 Å². The van der Waals surface area contributed by atoms with Gasteiger partial charge in [0.1, 0.15) is 11.6 Å². The highest BCUT2D eigenvalue weighted by atomic mass is 19.1. The van der Waals surface area contributed by atoms with Crippen molar-refractivity contribution >= 4 is 5.82 Å². The van der Waals surface area contributed by atoms with Crippen LogP contribution in [-0.4, -0.2) is 9.78 Å². The van der Waals surface area contributed by atoms with Crippen LogP contribution in [0, 0.1) is 12.7 Å². The summed E-state index contributed by atoms with van der Waals surface area (Å²) in [5, 5.41) is 3.98. The van der Waals surface area contributed by atoms with Crippen molar-refractivity contribution in [1.29, 1.82) is 0 Å². The molecule has 4 heteroatoms. The van der Waals surface area contributed by atoms with Gasteiger partial charge in [0.15, 0.2) is 0 Å². The average molecular weight is 205 g/mol. The van der Waals surface area contributed by atoms with Gasteiger partial charge in [0.2, 0.25) is 0 Å². The molecule has 15 heavy (non-hydrogen) atoms. The molecule has 0 aliphatic carbocycles. The molecular weight excluding hydrogens is 193 g/mol. The number of aryl methyl sites for hydroxylation is 2. The van der Waals surface area contributed by atoms with Gasteiger partial charge in [0, 0.05) is 18.2 Å². The number of hydrogen-bond donors (Lipinski definition) is 1. The van der Waals surface area contributed by atoms with Crippen molar-refractivity contribution in [2.45, 2.75) is 6.92 Å². The molecule has 0 aliphatic rings. The first-order valence-corrected chi connectivity index (χ1v) is 4.63. The molecule has 0 radical (unpaired) electrons. The molecule has 0 atom stereocenters. The fourth-order valence-electron chi connectivity index (χ4n) is 1.49. The normalized spacial score (nSPS) is 10.6. The monoisotopic (exact) mass is 205 g/mol. The Morgan fingerprint density at radius 3 is 2.60 bits per heavy atom. The summed E-state index contributed by atoms with van der Waals surface area (Å²) in [5.41, 5.74) is 7.79. The molecule has 2 rings (SSSR count). The van der Waals surface area contributed by atoms with E-state index in [-0.39, 0.29) is 5.82 Å². The van der Waals surface area contributed by atoms with E-state index in [1.807, 2.05) is 13.0 Å². The molecule has 78 valence electrons. The third-order valence-electron chi connectivity index (χ3n) is 2.40. The molecule has 1 heterocycles. The van der Waals surface area contributed by atoms with E-state index in [4.69, 9.17) is 5.73 Å². The van der Waals surface area contributed by atoms with E-state index in [2.05, 4.69) is 5.10 Å². The number of hydrogen-bond acceptors (Lipinski definition) is 2. The number of nitrogens with two attached hydrogens (primary N) is 1. The van der Waals surface area contributed by atoms with Crippen molar-refractivity contribution in [2.24, 2.45) is 7.05 Å².